The van der Waals surface area contributed by atoms with Crippen molar-refractivity contribution in [1.29, 1.82) is 0 Å². The number of hydrogen-bond acceptors (Lipinski definition) is 2. The zero-order valence-corrected chi connectivity index (χ0v) is 6.99. The van der Waals surface area contributed by atoms with Crippen LogP contribution in [0.5, 0.6) is 0 Å². The first-order valence-electron chi connectivity index (χ1n) is 4.10. The average Bonchev–Trinajstić information content (AvgIpc) is 2.07. The van der Waals surface area contributed by atoms with Crippen molar-refractivity contribution in [3.05, 3.63) is 12.2 Å². The summed E-state index contributed by atoms with van der Waals surface area (Å²) in [5.41, 5.74) is 0. The quantitative estimate of drug-likeness (QED) is 0.553. The van der Waals surface area contributed by atoms with Crippen LogP contribution in [0.2, 0.25) is 0 Å². The van der Waals surface area contributed by atoms with E-state index < -0.39 is 0 Å². The van der Waals surface area contributed by atoms with E-state index in [0.717, 1.165) is 26.1 Å². The Bertz CT molecular complexity index is 146. The van der Waals surface area contributed by atoms with Gasteiger partial charge in [-0.3, -0.25) is 4.99 Å². The second kappa shape index (κ2) is 5.08. The van der Waals surface area contributed by atoms with Crippen LogP contribution < -0.4 is 0 Å². The fraction of sp³-hybridized carbons (Fsp3) is 0.667. The first-order chi connectivity index (χ1) is 5.43. The monoisotopic (exact) mass is 153 g/mol. The van der Waals surface area contributed by atoms with Gasteiger partial charge in [0.25, 0.3) is 0 Å². The van der Waals surface area contributed by atoms with Crippen LogP contribution >= 0.6 is 0 Å². The topological polar surface area (TPSA) is 21.6 Å². The molecular weight excluding hydrogens is 138 g/mol. The Morgan fingerprint density at radius 2 is 2.09 bits per heavy atom. The Hall–Kier alpha value is -0.630. The van der Waals surface area contributed by atoms with E-state index in [1.165, 1.54) is 0 Å². The lowest BCUT2D eigenvalue weighted by Gasteiger charge is -2.18. The van der Waals surface area contributed by atoms with Gasteiger partial charge in [0.15, 0.2) is 0 Å². The molecule has 0 unspecified atom stereocenters. The number of aliphatic imine (C=N–C) groups is 1. The SMILES string of the molecule is C/N=C\C=C\C1CCOCC1. The van der Waals surface area contributed by atoms with Gasteiger partial charge in [-0.15, -0.1) is 0 Å². The zero-order chi connectivity index (χ0) is 7.94. The van der Waals surface area contributed by atoms with Gasteiger partial charge in [-0.1, -0.05) is 6.08 Å². The normalized spacial score (nSPS) is 21.9. The van der Waals surface area contributed by atoms with Crippen molar-refractivity contribution >= 4 is 6.21 Å². The summed E-state index contributed by atoms with van der Waals surface area (Å²) in [4.78, 5) is 3.88. The van der Waals surface area contributed by atoms with Crippen molar-refractivity contribution in [2.45, 2.75) is 12.8 Å². The Morgan fingerprint density at radius 1 is 1.36 bits per heavy atom. The Morgan fingerprint density at radius 3 is 2.73 bits per heavy atom. The highest BCUT2D eigenvalue weighted by Gasteiger charge is 2.09. The third kappa shape index (κ3) is 3.33. The Balaban J connectivity index is 2.23. The Kier molecular flexibility index (Phi) is 3.91. The van der Waals surface area contributed by atoms with E-state index in [-0.39, 0.29) is 0 Å². The molecule has 2 heteroatoms. The van der Waals surface area contributed by atoms with Gasteiger partial charge in [-0.2, -0.15) is 0 Å². The van der Waals surface area contributed by atoms with Gasteiger partial charge in [0.05, 0.1) is 0 Å². The molecule has 1 aliphatic heterocycles. The zero-order valence-electron chi connectivity index (χ0n) is 6.99. The van der Waals surface area contributed by atoms with Crippen LogP contribution in [0, 0.1) is 5.92 Å². The van der Waals surface area contributed by atoms with Gasteiger partial charge in [0, 0.05) is 26.5 Å². The summed E-state index contributed by atoms with van der Waals surface area (Å²) >= 11 is 0. The molecule has 1 aliphatic rings. The highest BCUT2D eigenvalue weighted by molar-refractivity contribution is 5.70. The highest BCUT2D eigenvalue weighted by atomic mass is 16.5. The molecule has 1 heterocycles. The third-order valence-corrected chi connectivity index (χ3v) is 1.88. The van der Waals surface area contributed by atoms with Crippen LogP contribution in [-0.4, -0.2) is 26.5 Å². The van der Waals surface area contributed by atoms with E-state index in [1.54, 1.807) is 7.05 Å². The maximum Gasteiger partial charge on any atom is 0.0471 e. The smallest absolute Gasteiger partial charge is 0.0471 e. The molecule has 2 nitrogen and oxygen atoms in total. The van der Waals surface area contributed by atoms with E-state index in [9.17, 15) is 0 Å². The number of ether oxygens (including phenoxy) is 1. The molecule has 0 radical (unpaired) electrons. The summed E-state index contributed by atoms with van der Waals surface area (Å²) in [6, 6.07) is 0. The molecule has 0 saturated carbocycles. The van der Waals surface area contributed by atoms with E-state index in [2.05, 4.69) is 11.1 Å². The summed E-state index contributed by atoms with van der Waals surface area (Å²) in [5.74, 6) is 0.710. The molecule has 0 aromatic carbocycles. The molecule has 1 fully saturated rings. The van der Waals surface area contributed by atoms with Crippen molar-refractivity contribution < 1.29 is 4.74 Å². The molecule has 1 saturated heterocycles. The van der Waals surface area contributed by atoms with Gasteiger partial charge in [0.2, 0.25) is 0 Å². The fourth-order valence-corrected chi connectivity index (χ4v) is 1.20. The van der Waals surface area contributed by atoms with Crippen LogP contribution in [-0.2, 0) is 4.74 Å². The minimum atomic E-state index is 0.710. The van der Waals surface area contributed by atoms with Crippen LogP contribution in [0.4, 0.5) is 0 Å². The van der Waals surface area contributed by atoms with E-state index >= 15 is 0 Å². The average molecular weight is 153 g/mol. The molecule has 0 spiro atoms. The van der Waals surface area contributed by atoms with E-state index in [1.807, 2.05) is 12.3 Å². The van der Waals surface area contributed by atoms with Gasteiger partial charge < -0.3 is 4.74 Å². The van der Waals surface area contributed by atoms with Crippen molar-refractivity contribution in [3.8, 4) is 0 Å². The molecule has 62 valence electrons. The summed E-state index contributed by atoms with van der Waals surface area (Å²) in [5, 5.41) is 0. The first kappa shape index (κ1) is 8.47. The van der Waals surface area contributed by atoms with Crippen molar-refractivity contribution in [3.63, 3.8) is 0 Å². The molecule has 0 aromatic rings. The number of rotatable bonds is 2. The van der Waals surface area contributed by atoms with Crippen molar-refractivity contribution in [2.24, 2.45) is 10.9 Å². The summed E-state index contributed by atoms with van der Waals surface area (Å²) in [6.07, 6.45) is 8.39. The lowest BCUT2D eigenvalue weighted by molar-refractivity contribution is 0.0786. The summed E-state index contributed by atoms with van der Waals surface area (Å²) in [6.45, 7) is 1.83. The van der Waals surface area contributed by atoms with Crippen LogP contribution in [0.25, 0.3) is 0 Å². The van der Waals surface area contributed by atoms with Crippen LogP contribution in [0.3, 0.4) is 0 Å². The molecule has 0 aromatic heterocycles. The van der Waals surface area contributed by atoms with Crippen LogP contribution in [0.1, 0.15) is 12.8 Å². The predicted molar refractivity (Wildman–Crippen MR) is 47.1 cm³/mol. The molecule has 0 N–H and O–H groups in total. The molecule has 0 amide bonds. The number of hydrogen-bond donors (Lipinski definition) is 0. The van der Waals surface area contributed by atoms with E-state index in [0.29, 0.717) is 5.92 Å². The largest absolute Gasteiger partial charge is 0.381 e. The molecule has 11 heavy (non-hydrogen) atoms. The minimum Gasteiger partial charge on any atom is -0.381 e. The molecule has 1 rings (SSSR count). The van der Waals surface area contributed by atoms with E-state index in [4.69, 9.17) is 4.74 Å². The van der Waals surface area contributed by atoms with Gasteiger partial charge in [0.1, 0.15) is 0 Å². The Labute approximate surface area is 68.0 Å². The third-order valence-electron chi connectivity index (χ3n) is 1.88. The van der Waals surface area contributed by atoms with Crippen LogP contribution in [0.15, 0.2) is 17.1 Å². The fourth-order valence-electron chi connectivity index (χ4n) is 1.20. The second-order valence-electron chi connectivity index (χ2n) is 2.74. The summed E-state index contributed by atoms with van der Waals surface area (Å²) in [7, 11) is 1.79. The maximum absolute atomic E-state index is 5.24. The molecule has 0 aliphatic carbocycles. The minimum absolute atomic E-state index is 0.710. The first-order valence-corrected chi connectivity index (χ1v) is 4.10. The highest BCUT2D eigenvalue weighted by Crippen LogP contribution is 2.15. The van der Waals surface area contributed by atoms with Gasteiger partial charge >= 0.3 is 0 Å². The molecular formula is C9H15NO. The molecule has 0 bridgehead atoms. The van der Waals surface area contributed by atoms with Crippen molar-refractivity contribution in [2.75, 3.05) is 20.3 Å². The summed E-state index contributed by atoms with van der Waals surface area (Å²) < 4.78 is 5.24. The lowest BCUT2D eigenvalue weighted by atomic mass is 10.0. The molecule has 0 atom stereocenters. The maximum atomic E-state index is 5.24. The second-order valence-corrected chi connectivity index (χ2v) is 2.74. The standard InChI is InChI=1S/C9H15NO/c1-10-6-2-3-9-4-7-11-8-5-9/h2-3,6,9H,4-5,7-8H2,1H3/b3-2+,10-6-. The number of nitrogens with zero attached hydrogens (tertiary/aromatic N) is 1. The number of allylic oxidation sites excluding steroid dienone is 2. The van der Waals surface area contributed by atoms with Crippen molar-refractivity contribution in [1.82, 2.24) is 0 Å². The lowest BCUT2D eigenvalue weighted by Crippen LogP contribution is -2.13. The van der Waals surface area contributed by atoms with Gasteiger partial charge in [-0.25, -0.2) is 0 Å². The van der Waals surface area contributed by atoms with Gasteiger partial charge in [-0.05, 0) is 24.8 Å². The predicted octanol–water partition coefficient (Wildman–Crippen LogP) is 1.67.